The zero-order valence-corrected chi connectivity index (χ0v) is 11.3. The van der Waals surface area contributed by atoms with Gasteiger partial charge in [-0.25, -0.2) is 0 Å². The van der Waals surface area contributed by atoms with E-state index in [1.807, 2.05) is 4.90 Å². The summed E-state index contributed by atoms with van der Waals surface area (Å²) in [4.78, 5) is 25.8. The third-order valence-corrected chi connectivity index (χ3v) is 4.29. The molecule has 19 heavy (non-hydrogen) atoms. The summed E-state index contributed by atoms with van der Waals surface area (Å²) < 4.78 is 5.48. The predicted molar refractivity (Wildman–Crippen MR) is 69.4 cm³/mol. The van der Waals surface area contributed by atoms with E-state index in [1.54, 1.807) is 0 Å². The average Bonchev–Trinajstić information content (AvgIpc) is 2.91. The summed E-state index contributed by atoms with van der Waals surface area (Å²) in [6.07, 6.45) is 5.13. The van der Waals surface area contributed by atoms with Gasteiger partial charge in [0.2, 0.25) is 11.8 Å². The van der Waals surface area contributed by atoms with Crippen molar-refractivity contribution in [1.82, 2.24) is 10.2 Å². The van der Waals surface area contributed by atoms with Crippen LogP contribution in [0.25, 0.3) is 0 Å². The molecular weight excluding hydrogens is 244 g/mol. The Kier molecular flexibility index (Phi) is 3.73. The Hall–Kier alpha value is -1.10. The maximum atomic E-state index is 12.0. The van der Waals surface area contributed by atoms with Crippen LogP contribution in [0, 0.1) is 11.8 Å². The monoisotopic (exact) mass is 266 g/mol. The van der Waals surface area contributed by atoms with E-state index in [1.165, 1.54) is 12.8 Å². The first kappa shape index (κ1) is 12.9. The number of amides is 2. The Morgan fingerprint density at radius 2 is 2.21 bits per heavy atom. The van der Waals surface area contributed by atoms with Gasteiger partial charge in [0.25, 0.3) is 0 Å². The number of rotatable bonds is 5. The van der Waals surface area contributed by atoms with Crippen LogP contribution < -0.4 is 5.32 Å². The summed E-state index contributed by atoms with van der Waals surface area (Å²) in [5.41, 5.74) is 0. The van der Waals surface area contributed by atoms with Gasteiger partial charge in [-0.3, -0.25) is 9.59 Å². The molecule has 3 aliphatic rings. The van der Waals surface area contributed by atoms with E-state index in [2.05, 4.69) is 5.32 Å². The zero-order chi connectivity index (χ0) is 13.2. The first-order valence-electron chi connectivity index (χ1n) is 7.39. The number of nitrogens with one attached hydrogen (secondary N) is 1. The van der Waals surface area contributed by atoms with Crippen LogP contribution in [-0.4, -0.2) is 49.1 Å². The van der Waals surface area contributed by atoms with Gasteiger partial charge >= 0.3 is 0 Å². The predicted octanol–water partition coefficient (Wildman–Crippen LogP) is 0.540. The molecule has 106 valence electrons. The van der Waals surface area contributed by atoms with Gasteiger partial charge < -0.3 is 15.0 Å². The third kappa shape index (κ3) is 3.26. The van der Waals surface area contributed by atoms with Gasteiger partial charge in [0.05, 0.1) is 12.0 Å². The van der Waals surface area contributed by atoms with E-state index in [9.17, 15) is 9.59 Å². The molecule has 0 radical (unpaired) electrons. The molecule has 5 heteroatoms. The summed E-state index contributed by atoms with van der Waals surface area (Å²) in [5, 5.41) is 2.93. The molecule has 0 aromatic carbocycles. The molecule has 0 bridgehead atoms. The van der Waals surface area contributed by atoms with Crippen molar-refractivity contribution in [3.8, 4) is 0 Å². The van der Waals surface area contributed by atoms with E-state index < -0.39 is 0 Å². The number of hydrogen-bond acceptors (Lipinski definition) is 3. The number of nitrogens with zero attached hydrogens (tertiary/aromatic N) is 1. The summed E-state index contributed by atoms with van der Waals surface area (Å²) in [5.74, 6) is 0.691. The molecule has 3 rings (SSSR count). The van der Waals surface area contributed by atoms with Gasteiger partial charge in [-0.05, 0) is 31.6 Å². The van der Waals surface area contributed by atoms with Crippen LogP contribution in [0.3, 0.4) is 0 Å². The molecule has 1 saturated carbocycles. The van der Waals surface area contributed by atoms with Crippen LogP contribution in [-0.2, 0) is 14.3 Å². The van der Waals surface area contributed by atoms with Gasteiger partial charge in [0.1, 0.15) is 0 Å². The van der Waals surface area contributed by atoms with Crippen LogP contribution in [0.5, 0.6) is 0 Å². The number of hydrogen-bond donors (Lipinski definition) is 1. The fourth-order valence-electron chi connectivity index (χ4n) is 2.90. The summed E-state index contributed by atoms with van der Waals surface area (Å²) >= 11 is 0. The Balaban J connectivity index is 1.43. The quantitative estimate of drug-likeness (QED) is 0.790. The Bertz CT molecular complexity index is 362. The lowest BCUT2D eigenvalue weighted by molar-refractivity contribution is -0.129. The molecule has 2 amide bonds. The van der Waals surface area contributed by atoms with Crippen LogP contribution in [0.15, 0.2) is 0 Å². The summed E-state index contributed by atoms with van der Waals surface area (Å²) in [6, 6.07) is 0. The third-order valence-electron chi connectivity index (χ3n) is 4.29. The maximum absolute atomic E-state index is 12.0. The van der Waals surface area contributed by atoms with Crippen molar-refractivity contribution in [2.45, 2.75) is 38.2 Å². The van der Waals surface area contributed by atoms with Gasteiger partial charge in [0.15, 0.2) is 0 Å². The number of ether oxygens (including phenoxy) is 1. The average molecular weight is 266 g/mol. The molecule has 2 aliphatic heterocycles. The molecule has 3 fully saturated rings. The Morgan fingerprint density at radius 1 is 1.37 bits per heavy atom. The largest absolute Gasteiger partial charge is 0.376 e. The Labute approximate surface area is 113 Å². The van der Waals surface area contributed by atoms with Crippen LogP contribution in [0.4, 0.5) is 0 Å². The molecule has 2 atom stereocenters. The number of carbonyl (C=O) groups excluding carboxylic acids is 2. The maximum Gasteiger partial charge on any atom is 0.225 e. The lowest BCUT2D eigenvalue weighted by Crippen LogP contribution is -2.37. The lowest BCUT2D eigenvalue weighted by atomic mass is 10.1. The number of carbonyl (C=O) groups is 2. The highest BCUT2D eigenvalue weighted by Crippen LogP contribution is 2.32. The highest BCUT2D eigenvalue weighted by atomic mass is 16.5. The topological polar surface area (TPSA) is 58.6 Å². The minimum Gasteiger partial charge on any atom is -0.376 e. The van der Waals surface area contributed by atoms with E-state index in [-0.39, 0.29) is 23.8 Å². The molecule has 1 aliphatic carbocycles. The minimum absolute atomic E-state index is 0.0159. The second-order valence-corrected chi connectivity index (χ2v) is 6.02. The minimum atomic E-state index is -0.160. The molecule has 0 aromatic heterocycles. The van der Waals surface area contributed by atoms with Gasteiger partial charge in [-0.2, -0.15) is 0 Å². The molecular formula is C14H22N2O3. The highest BCUT2D eigenvalue weighted by molar-refractivity contribution is 5.89. The van der Waals surface area contributed by atoms with Crippen LogP contribution >= 0.6 is 0 Å². The fourth-order valence-corrected chi connectivity index (χ4v) is 2.90. The summed E-state index contributed by atoms with van der Waals surface area (Å²) in [6.45, 7) is 2.85. The van der Waals surface area contributed by atoms with Crippen molar-refractivity contribution in [1.29, 1.82) is 0 Å². The normalized spacial score (nSPS) is 30.9. The second kappa shape index (κ2) is 5.49. The SMILES string of the molecule is O=C(NC[C@H]1CCCO1)[C@@H]1CC(=O)N(CC2CC2)C1. The van der Waals surface area contributed by atoms with E-state index in [0.29, 0.717) is 25.4 Å². The Morgan fingerprint density at radius 3 is 2.89 bits per heavy atom. The van der Waals surface area contributed by atoms with E-state index in [0.717, 1.165) is 26.0 Å². The number of likely N-dealkylation sites (tertiary alicyclic amines) is 1. The molecule has 1 N–H and O–H groups in total. The zero-order valence-electron chi connectivity index (χ0n) is 11.3. The van der Waals surface area contributed by atoms with Crippen molar-refractivity contribution in [2.75, 3.05) is 26.2 Å². The molecule has 0 spiro atoms. The molecule has 0 aromatic rings. The standard InChI is InChI=1S/C14H22N2O3/c17-13-6-11(9-16(13)8-10-3-4-10)14(18)15-7-12-2-1-5-19-12/h10-12H,1-9H2,(H,15,18)/t11-,12-/m1/s1. The smallest absolute Gasteiger partial charge is 0.225 e. The second-order valence-electron chi connectivity index (χ2n) is 6.02. The molecule has 5 nitrogen and oxygen atoms in total. The van der Waals surface area contributed by atoms with Gasteiger partial charge in [-0.15, -0.1) is 0 Å². The van der Waals surface area contributed by atoms with Gasteiger partial charge in [-0.1, -0.05) is 0 Å². The van der Waals surface area contributed by atoms with Crippen molar-refractivity contribution < 1.29 is 14.3 Å². The van der Waals surface area contributed by atoms with Crippen molar-refractivity contribution >= 4 is 11.8 Å². The van der Waals surface area contributed by atoms with Crippen molar-refractivity contribution in [2.24, 2.45) is 11.8 Å². The molecule has 2 heterocycles. The van der Waals surface area contributed by atoms with E-state index >= 15 is 0 Å². The summed E-state index contributed by atoms with van der Waals surface area (Å²) in [7, 11) is 0. The first-order chi connectivity index (χ1) is 9.22. The first-order valence-corrected chi connectivity index (χ1v) is 7.39. The highest BCUT2D eigenvalue weighted by Gasteiger charge is 2.37. The van der Waals surface area contributed by atoms with Crippen LogP contribution in [0.2, 0.25) is 0 Å². The molecule has 0 unspecified atom stereocenters. The van der Waals surface area contributed by atoms with Crippen molar-refractivity contribution in [3.05, 3.63) is 0 Å². The fraction of sp³-hybridized carbons (Fsp3) is 0.857. The molecule has 2 saturated heterocycles. The lowest BCUT2D eigenvalue weighted by Gasteiger charge is -2.16. The van der Waals surface area contributed by atoms with Crippen molar-refractivity contribution in [3.63, 3.8) is 0 Å². The van der Waals surface area contributed by atoms with Gasteiger partial charge in [0, 0.05) is 32.7 Å². The van der Waals surface area contributed by atoms with Crippen LogP contribution in [0.1, 0.15) is 32.1 Å². The van der Waals surface area contributed by atoms with E-state index in [4.69, 9.17) is 4.74 Å².